The number of phosphoric acid groups is 2. The second-order valence-electron chi connectivity index (χ2n) is 26.3. The molecule has 3 N–H and O–H groups in total. The van der Waals surface area contributed by atoms with Gasteiger partial charge in [-0.05, 0) is 116 Å². The van der Waals surface area contributed by atoms with Crippen LogP contribution in [0.4, 0.5) is 0 Å². The monoisotopic (exact) mass is 1470 g/mol. The molecule has 0 bridgehead atoms. The molecule has 0 spiro atoms. The zero-order valence-electron chi connectivity index (χ0n) is 64.0. The van der Waals surface area contributed by atoms with Crippen LogP contribution in [-0.2, 0) is 65.4 Å². The van der Waals surface area contributed by atoms with Crippen LogP contribution in [0.25, 0.3) is 0 Å². The lowest BCUT2D eigenvalue weighted by Crippen LogP contribution is -2.30. The van der Waals surface area contributed by atoms with E-state index in [1.807, 2.05) is 18.2 Å². The highest BCUT2D eigenvalue weighted by Crippen LogP contribution is 2.45. The fourth-order valence-corrected chi connectivity index (χ4v) is 12.0. The minimum atomic E-state index is -5.00. The quantitative estimate of drug-likeness (QED) is 0.0169. The molecule has 0 saturated heterocycles. The topological polar surface area (TPSA) is 237 Å². The molecule has 0 radical (unpaired) electrons. The van der Waals surface area contributed by atoms with E-state index in [4.69, 9.17) is 37.0 Å². The number of hydrogen-bond donors (Lipinski definition) is 3. The van der Waals surface area contributed by atoms with Crippen LogP contribution in [0.2, 0.25) is 0 Å². The van der Waals surface area contributed by atoms with Crippen LogP contribution in [0.3, 0.4) is 0 Å². The number of aliphatic hydroxyl groups excluding tert-OH is 1. The molecular weight excluding hydrogens is 1330 g/mol. The predicted molar refractivity (Wildman–Crippen MR) is 418 cm³/mol. The van der Waals surface area contributed by atoms with Gasteiger partial charge in [-0.25, -0.2) is 9.13 Å². The number of esters is 4. The van der Waals surface area contributed by atoms with E-state index < -0.39 is 97.5 Å². The summed E-state index contributed by atoms with van der Waals surface area (Å²) in [6.45, 7) is 4.52. The lowest BCUT2D eigenvalue weighted by atomic mass is 10.0. The molecule has 0 aromatic heterocycles. The minimum absolute atomic E-state index is 0.0706. The van der Waals surface area contributed by atoms with Crippen LogP contribution in [0.5, 0.6) is 0 Å². The fourth-order valence-electron chi connectivity index (χ4n) is 10.5. The summed E-state index contributed by atoms with van der Waals surface area (Å²) in [5, 5.41) is 10.6. The average Bonchev–Trinajstić information content (AvgIpc) is 0.926. The Morgan fingerprint density at radius 1 is 0.294 bits per heavy atom. The van der Waals surface area contributed by atoms with Gasteiger partial charge in [-0.1, -0.05) is 303 Å². The molecule has 0 aliphatic rings. The zero-order chi connectivity index (χ0) is 74.6. The van der Waals surface area contributed by atoms with E-state index in [0.29, 0.717) is 25.7 Å². The maximum Gasteiger partial charge on any atom is 0.472 e. The lowest BCUT2D eigenvalue weighted by Gasteiger charge is -2.21. The largest absolute Gasteiger partial charge is 0.472 e. The van der Waals surface area contributed by atoms with Gasteiger partial charge in [0.25, 0.3) is 0 Å². The number of ether oxygens (including phenoxy) is 4. The van der Waals surface area contributed by atoms with E-state index >= 15 is 0 Å². The fraction of sp³-hybridized carbons (Fsp3) is 0.711. The molecule has 5 unspecified atom stereocenters. The summed E-state index contributed by atoms with van der Waals surface area (Å²) in [6, 6.07) is 0. The van der Waals surface area contributed by atoms with Gasteiger partial charge >= 0.3 is 39.5 Å². The summed E-state index contributed by atoms with van der Waals surface area (Å²) >= 11 is 0. The van der Waals surface area contributed by atoms with Crippen molar-refractivity contribution < 1.29 is 80.2 Å². The van der Waals surface area contributed by atoms with Crippen molar-refractivity contribution in [2.45, 2.75) is 341 Å². The Bertz CT molecular complexity index is 2410. The number of aliphatic hydroxyl groups is 1. The maximum absolute atomic E-state index is 13.1. The first-order valence-corrected chi connectivity index (χ1v) is 42.8. The smallest absolute Gasteiger partial charge is 0.462 e. The number of allylic oxidation sites excluding steroid dienone is 19. The summed E-state index contributed by atoms with van der Waals surface area (Å²) in [4.78, 5) is 72.9. The highest BCUT2D eigenvalue weighted by molar-refractivity contribution is 7.47. The molecule has 19 heteroatoms. The van der Waals surface area contributed by atoms with Crippen molar-refractivity contribution in [3.63, 3.8) is 0 Å². The number of unbranched alkanes of at least 4 members (excludes halogenated alkanes) is 29. The highest BCUT2D eigenvalue weighted by Gasteiger charge is 2.30. The summed E-state index contributed by atoms with van der Waals surface area (Å²) in [6.07, 6.45) is 82.1. The summed E-state index contributed by atoms with van der Waals surface area (Å²) in [5.41, 5.74) is 0. The van der Waals surface area contributed by atoms with Crippen molar-refractivity contribution in [3.8, 4) is 0 Å². The average molecular weight is 1470 g/mol. The van der Waals surface area contributed by atoms with Gasteiger partial charge in [-0.15, -0.1) is 0 Å². The van der Waals surface area contributed by atoms with E-state index in [1.165, 1.54) is 103 Å². The molecule has 0 aliphatic carbocycles. The third-order valence-electron chi connectivity index (χ3n) is 16.5. The summed E-state index contributed by atoms with van der Waals surface area (Å²) in [7, 11) is -9.99. The number of phosphoric ester groups is 2. The molecule has 0 aromatic carbocycles. The molecule has 0 aromatic rings. The lowest BCUT2D eigenvalue weighted by molar-refractivity contribution is -0.161. The van der Waals surface area contributed by atoms with Gasteiger partial charge in [-0.2, -0.15) is 0 Å². The van der Waals surface area contributed by atoms with Crippen molar-refractivity contribution in [3.05, 3.63) is 122 Å². The first kappa shape index (κ1) is 97.5. The van der Waals surface area contributed by atoms with Crippen molar-refractivity contribution in [1.82, 2.24) is 0 Å². The Balaban J connectivity index is 5.44. The molecule has 17 nitrogen and oxygen atoms in total. The first-order chi connectivity index (χ1) is 49.7. The third kappa shape index (κ3) is 73.8. The molecule has 0 aliphatic heterocycles. The van der Waals surface area contributed by atoms with Gasteiger partial charge in [-0.3, -0.25) is 37.3 Å². The van der Waals surface area contributed by atoms with E-state index in [1.54, 1.807) is 6.08 Å². The van der Waals surface area contributed by atoms with Crippen LogP contribution < -0.4 is 0 Å². The van der Waals surface area contributed by atoms with Crippen molar-refractivity contribution in [1.29, 1.82) is 0 Å². The van der Waals surface area contributed by atoms with Gasteiger partial charge < -0.3 is 33.8 Å². The molecule has 102 heavy (non-hydrogen) atoms. The normalized spacial score (nSPS) is 14.5. The Hall–Kier alpha value is -4.54. The summed E-state index contributed by atoms with van der Waals surface area (Å²) < 4.78 is 68.5. The Morgan fingerprint density at radius 3 is 0.882 bits per heavy atom. The highest BCUT2D eigenvalue weighted by atomic mass is 31.2. The van der Waals surface area contributed by atoms with Crippen LogP contribution in [-0.4, -0.2) is 96.7 Å². The van der Waals surface area contributed by atoms with Crippen molar-refractivity contribution in [2.24, 2.45) is 0 Å². The van der Waals surface area contributed by atoms with Crippen molar-refractivity contribution in [2.75, 3.05) is 39.6 Å². The summed E-state index contributed by atoms with van der Waals surface area (Å²) in [5.74, 6) is -2.35. The van der Waals surface area contributed by atoms with Crippen LogP contribution in [0.1, 0.15) is 323 Å². The third-order valence-corrected chi connectivity index (χ3v) is 18.4. The van der Waals surface area contributed by atoms with Gasteiger partial charge in [0.05, 0.1) is 32.8 Å². The maximum atomic E-state index is 13.1. The minimum Gasteiger partial charge on any atom is -0.462 e. The second kappa shape index (κ2) is 74.7. The Morgan fingerprint density at radius 2 is 0.549 bits per heavy atom. The zero-order valence-corrected chi connectivity index (χ0v) is 65.8. The number of rotatable bonds is 74. The van der Waals surface area contributed by atoms with Gasteiger partial charge in [0.1, 0.15) is 19.3 Å². The molecule has 0 saturated carbocycles. The van der Waals surface area contributed by atoms with E-state index in [-0.39, 0.29) is 25.7 Å². The molecule has 0 heterocycles. The number of hydrogen-bond acceptors (Lipinski definition) is 15. The van der Waals surface area contributed by atoms with Gasteiger partial charge in [0.2, 0.25) is 0 Å². The number of carbonyl (C=O) groups excluding carboxylic acids is 4. The SMILES string of the molecule is CC/C=C\C/C=C\C/C=C\C/C=C\C/C=C\CC(=O)OCC(COP(=O)(O)OCC(O)COP(=O)(O)OCC(COC(=O)CCCCCC/C=C\C/C=C\C/C=C\C/C=C\CC)OC(=O)CCCCCCC/C=C\CCCCCCCC)OC(=O)CCCCCCCCCCCCCCCCC. The van der Waals surface area contributed by atoms with Crippen LogP contribution >= 0.6 is 15.6 Å². The first-order valence-electron chi connectivity index (χ1n) is 39.8. The molecule has 0 amide bonds. The van der Waals surface area contributed by atoms with E-state index in [9.17, 15) is 43.2 Å². The van der Waals surface area contributed by atoms with Crippen LogP contribution in [0, 0.1) is 0 Å². The number of carbonyl (C=O) groups is 4. The van der Waals surface area contributed by atoms with Crippen LogP contribution in [0.15, 0.2) is 122 Å². The Kier molecular flexibility index (Phi) is 71.4. The van der Waals surface area contributed by atoms with Crippen molar-refractivity contribution >= 4 is 39.5 Å². The Labute approximate surface area is 619 Å². The predicted octanol–water partition coefficient (Wildman–Crippen LogP) is 23.1. The van der Waals surface area contributed by atoms with Gasteiger partial charge in [0, 0.05) is 19.3 Å². The molecule has 0 rings (SSSR count). The van der Waals surface area contributed by atoms with Gasteiger partial charge in [0.15, 0.2) is 12.2 Å². The van der Waals surface area contributed by atoms with E-state index in [0.717, 1.165) is 141 Å². The standard InChI is InChI=1S/C83H142O17P2/c1-5-9-13-17-21-25-29-33-37-38-42-44-48-52-56-60-64-68-81(86)94-74-79(100-83(88)70-66-62-58-54-50-46-41-36-32-28-24-20-16-12-8-4)76-98-102(91,92)96-72-77(84)71-95-101(89,90)97-75-78(99-82(87)69-65-61-57-53-49-45-40-35-31-27-23-19-15-11-7-3)73-93-80(85)67-63-59-55-51-47-43-39-34-30-26-22-18-14-10-6-2/h9-10,13-14,21-22,25-26,33-34,36-37,39,41-42,44,47,51,59,63,77-79,84H,5-8,11-12,15-20,23-24,27-32,35,38,40,43,45-46,48-50,52-58,60-62,64-76H2,1-4H3,(H,89,90)(H,91,92)/b13-9-,14-10-,25-21-,26-22-,37-33-,39-34-,41-36-,44-42-,51-47-,63-59-. The van der Waals surface area contributed by atoms with E-state index in [2.05, 4.69) is 125 Å². The molecular formula is C83H142O17P2. The molecule has 0 fully saturated rings. The second-order valence-corrected chi connectivity index (χ2v) is 29.2. The molecule has 5 atom stereocenters. The molecule has 586 valence electrons.